The molecule has 0 aliphatic heterocycles. The lowest BCUT2D eigenvalue weighted by Gasteiger charge is -2.25. The number of carbonyl (C=O) groups is 1. The molecule has 0 aliphatic rings. The van der Waals surface area contributed by atoms with Crippen LogP contribution in [0.5, 0.6) is 0 Å². The van der Waals surface area contributed by atoms with E-state index in [0.29, 0.717) is 0 Å². The van der Waals surface area contributed by atoms with Gasteiger partial charge in [-0.3, -0.25) is 4.79 Å². The standard InChI is InChI=1S/C11H13F3N2O2/c12-11(13,14)8-3-1-2-4-9(8)16(6-5-15)7-10(17)18/h1-4H,5-7,15H2,(H,17,18). The Balaban J connectivity index is 3.15. The highest BCUT2D eigenvalue weighted by atomic mass is 19.4. The van der Waals surface area contributed by atoms with Crippen LogP contribution in [0.1, 0.15) is 5.56 Å². The van der Waals surface area contributed by atoms with Gasteiger partial charge in [-0.2, -0.15) is 13.2 Å². The van der Waals surface area contributed by atoms with E-state index in [4.69, 9.17) is 10.8 Å². The first-order chi connectivity index (χ1) is 8.36. The van der Waals surface area contributed by atoms with Crippen molar-refractivity contribution in [3.05, 3.63) is 29.8 Å². The number of carboxylic acid groups (broad SMARTS) is 1. The van der Waals surface area contributed by atoms with E-state index < -0.39 is 24.3 Å². The molecule has 0 heterocycles. The number of alkyl halides is 3. The fourth-order valence-corrected chi connectivity index (χ4v) is 1.59. The lowest BCUT2D eigenvalue weighted by Crippen LogP contribution is -2.35. The molecule has 1 aromatic rings. The Morgan fingerprint density at radius 1 is 1.33 bits per heavy atom. The molecule has 0 atom stereocenters. The fraction of sp³-hybridized carbons (Fsp3) is 0.364. The molecule has 0 saturated heterocycles. The van der Waals surface area contributed by atoms with Gasteiger partial charge in [-0.05, 0) is 12.1 Å². The molecule has 0 saturated carbocycles. The third-order valence-electron chi connectivity index (χ3n) is 2.28. The molecule has 0 radical (unpaired) electrons. The minimum absolute atomic E-state index is 0.0411. The number of nitrogens with two attached hydrogens (primary N) is 1. The van der Waals surface area contributed by atoms with Crippen molar-refractivity contribution < 1.29 is 23.1 Å². The van der Waals surface area contributed by atoms with Crippen molar-refractivity contribution >= 4 is 11.7 Å². The summed E-state index contributed by atoms with van der Waals surface area (Å²) >= 11 is 0. The zero-order valence-corrected chi connectivity index (χ0v) is 9.44. The van der Waals surface area contributed by atoms with Crippen LogP contribution in [0.15, 0.2) is 24.3 Å². The van der Waals surface area contributed by atoms with E-state index in [1.54, 1.807) is 0 Å². The van der Waals surface area contributed by atoms with Gasteiger partial charge in [0, 0.05) is 18.8 Å². The Hall–Kier alpha value is -1.76. The van der Waals surface area contributed by atoms with E-state index in [1.165, 1.54) is 18.2 Å². The van der Waals surface area contributed by atoms with Crippen molar-refractivity contribution in [2.75, 3.05) is 24.5 Å². The van der Waals surface area contributed by atoms with Crippen LogP contribution in [0.3, 0.4) is 0 Å². The summed E-state index contributed by atoms with van der Waals surface area (Å²) in [6.07, 6.45) is -4.53. The molecule has 3 N–H and O–H groups in total. The van der Waals surface area contributed by atoms with E-state index >= 15 is 0 Å². The van der Waals surface area contributed by atoms with Crippen molar-refractivity contribution in [3.8, 4) is 0 Å². The fourth-order valence-electron chi connectivity index (χ4n) is 1.59. The predicted molar refractivity (Wildman–Crippen MR) is 60.3 cm³/mol. The van der Waals surface area contributed by atoms with Gasteiger partial charge in [0.25, 0.3) is 0 Å². The van der Waals surface area contributed by atoms with Crippen molar-refractivity contribution in [2.24, 2.45) is 5.73 Å². The average molecular weight is 262 g/mol. The highest BCUT2D eigenvalue weighted by Gasteiger charge is 2.34. The molecule has 0 amide bonds. The van der Waals surface area contributed by atoms with Crippen LogP contribution in [0.25, 0.3) is 0 Å². The maximum atomic E-state index is 12.8. The number of carboxylic acids is 1. The molecule has 1 aromatic carbocycles. The lowest BCUT2D eigenvalue weighted by atomic mass is 10.1. The highest BCUT2D eigenvalue weighted by molar-refractivity contribution is 5.74. The SMILES string of the molecule is NCCN(CC(=O)O)c1ccccc1C(F)(F)F. The molecule has 0 spiro atoms. The Morgan fingerprint density at radius 2 is 1.94 bits per heavy atom. The third kappa shape index (κ3) is 3.63. The maximum absolute atomic E-state index is 12.8. The van der Waals surface area contributed by atoms with Crippen molar-refractivity contribution in [3.63, 3.8) is 0 Å². The molecule has 7 heteroatoms. The first-order valence-electron chi connectivity index (χ1n) is 5.19. The third-order valence-corrected chi connectivity index (χ3v) is 2.28. The molecular formula is C11H13F3N2O2. The second kappa shape index (κ2) is 5.72. The normalized spacial score (nSPS) is 11.3. The molecule has 0 aromatic heterocycles. The summed E-state index contributed by atoms with van der Waals surface area (Å²) in [5.41, 5.74) is 4.26. The first kappa shape index (κ1) is 14.3. The summed E-state index contributed by atoms with van der Waals surface area (Å²) in [4.78, 5) is 11.8. The van der Waals surface area contributed by atoms with Gasteiger partial charge in [-0.15, -0.1) is 0 Å². The second-order valence-corrected chi connectivity index (χ2v) is 3.62. The van der Waals surface area contributed by atoms with Crippen molar-refractivity contribution in [1.82, 2.24) is 0 Å². The summed E-state index contributed by atoms with van der Waals surface area (Å²) in [6, 6.07) is 4.84. The molecular weight excluding hydrogens is 249 g/mol. The summed E-state index contributed by atoms with van der Waals surface area (Å²) in [5.74, 6) is -1.21. The van der Waals surface area contributed by atoms with Gasteiger partial charge >= 0.3 is 12.1 Å². The number of rotatable bonds is 5. The van der Waals surface area contributed by atoms with Crippen LogP contribution in [-0.2, 0) is 11.0 Å². The predicted octanol–water partition coefficient (Wildman–Crippen LogP) is 1.56. The first-order valence-corrected chi connectivity index (χ1v) is 5.19. The van der Waals surface area contributed by atoms with Crippen molar-refractivity contribution in [2.45, 2.75) is 6.18 Å². The van der Waals surface area contributed by atoms with Crippen LogP contribution in [0, 0.1) is 0 Å². The van der Waals surface area contributed by atoms with E-state index in [0.717, 1.165) is 11.0 Å². The molecule has 0 unspecified atom stereocenters. The van der Waals surface area contributed by atoms with E-state index in [2.05, 4.69) is 0 Å². The Labute approximate surface area is 102 Å². The van der Waals surface area contributed by atoms with Gasteiger partial charge in [0.05, 0.1) is 5.56 Å². The largest absolute Gasteiger partial charge is 0.480 e. The number of halogens is 3. The molecule has 0 fully saturated rings. The monoisotopic (exact) mass is 262 g/mol. The molecule has 1 rings (SSSR count). The number of para-hydroxylation sites is 1. The topological polar surface area (TPSA) is 66.6 Å². The number of benzene rings is 1. The average Bonchev–Trinajstić information content (AvgIpc) is 2.27. The van der Waals surface area contributed by atoms with Gasteiger partial charge in [0.15, 0.2) is 0 Å². The number of hydrogen-bond donors (Lipinski definition) is 2. The zero-order chi connectivity index (χ0) is 13.8. The smallest absolute Gasteiger partial charge is 0.418 e. The molecule has 100 valence electrons. The van der Waals surface area contributed by atoms with Crippen LogP contribution < -0.4 is 10.6 Å². The lowest BCUT2D eigenvalue weighted by molar-refractivity contribution is -0.138. The molecule has 0 bridgehead atoms. The van der Waals surface area contributed by atoms with E-state index in [1.807, 2.05) is 0 Å². The highest BCUT2D eigenvalue weighted by Crippen LogP contribution is 2.36. The Bertz CT molecular complexity index is 421. The van der Waals surface area contributed by atoms with Crippen LogP contribution >= 0.6 is 0 Å². The minimum Gasteiger partial charge on any atom is -0.480 e. The van der Waals surface area contributed by atoms with Crippen molar-refractivity contribution in [1.29, 1.82) is 0 Å². The van der Waals surface area contributed by atoms with Crippen LogP contribution in [0.4, 0.5) is 18.9 Å². The van der Waals surface area contributed by atoms with E-state index in [-0.39, 0.29) is 18.8 Å². The van der Waals surface area contributed by atoms with Gasteiger partial charge in [0.2, 0.25) is 0 Å². The van der Waals surface area contributed by atoms with Crippen LogP contribution in [-0.4, -0.2) is 30.7 Å². The minimum atomic E-state index is -4.53. The molecule has 18 heavy (non-hydrogen) atoms. The Morgan fingerprint density at radius 3 is 2.44 bits per heavy atom. The summed E-state index contributed by atoms with van der Waals surface area (Å²) in [5, 5.41) is 8.70. The van der Waals surface area contributed by atoms with Crippen LogP contribution in [0.2, 0.25) is 0 Å². The molecule has 0 aliphatic carbocycles. The summed E-state index contributed by atoms with van der Waals surface area (Å²) in [6.45, 7) is -0.414. The van der Waals surface area contributed by atoms with Gasteiger partial charge < -0.3 is 15.7 Å². The zero-order valence-electron chi connectivity index (χ0n) is 9.44. The second-order valence-electron chi connectivity index (χ2n) is 3.62. The number of aliphatic carboxylic acids is 1. The van der Waals surface area contributed by atoms with E-state index in [9.17, 15) is 18.0 Å². The summed E-state index contributed by atoms with van der Waals surface area (Å²) < 4.78 is 38.3. The van der Waals surface area contributed by atoms with Gasteiger partial charge in [-0.25, -0.2) is 0 Å². The van der Waals surface area contributed by atoms with Gasteiger partial charge in [0.1, 0.15) is 6.54 Å². The number of nitrogens with zero attached hydrogens (tertiary/aromatic N) is 1. The number of hydrogen-bond acceptors (Lipinski definition) is 3. The summed E-state index contributed by atoms with van der Waals surface area (Å²) in [7, 11) is 0. The van der Waals surface area contributed by atoms with Gasteiger partial charge in [-0.1, -0.05) is 12.1 Å². The Kier molecular flexibility index (Phi) is 4.55. The quantitative estimate of drug-likeness (QED) is 0.845. The number of anilines is 1. The molecule has 4 nitrogen and oxygen atoms in total. The maximum Gasteiger partial charge on any atom is 0.418 e.